The Morgan fingerprint density at radius 1 is 1.11 bits per heavy atom. The molecule has 4 aliphatic rings. The van der Waals surface area contributed by atoms with Gasteiger partial charge in [-0.25, -0.2) is 0 Å². The zero-order chi connectivity index (χ0) is 26.8. The van der Waals surface area contributed by atoms with E-state index >= 15 is 0 Å². The van der Waals surface area contributed by atoms with Crippen molar-refractivity contribution in [1.29, 1.82) is 0 Å². The Morgan fingerprint density at radius 2 is 1.79 bits per heavy atom. The number of hydrogen-bond acceptors (Lipinski definition) is 8. The van der Waals surface area contributed by atoms with E-state index in [1.165, 1.54) is 24.2 Å². The number of nitrogens with zero attached hydrogens (tertiary/aromatic N) is 4. The first kappa shape index (κ1) is 27.4. The van der Waals surface area contributed by atoms with Crippen LogP contribution in [0.2, 0.25) is 0 Å². The van der Waals surface area contributed by atoms with E-state index in [1.54, 1.807) is 0 Å². The number of β-amino-alcohol motifs (C(OH)–C–C–N with tert-alkyl or cyclic N) is 1. The van der Waals surface area contributed by atoms with Crippen LogP contribution >= 0.6 is 0 Å². The molecule has 1 saturated carbocycles. The van der Waals surface area contributed by atoms with Crippen molar-refractivity contribution in [3.63, 3.8) is 0 Å². The number of piperidine rings is 2. The molecule has 0 aromatic carbocycles. The Labute approximate surface area is 225 Å². The molecule has 5 rings (SSSR count). The van der Waals surface area contributed by atoms with Crippen molar-refractivity contribution in [3.8, 4) is 0 Å². The van der Waals surface area contributed by atoms with Gasteiger partial charge in [-0.15, -0.1) is 0 Å². The molecule has 1 aromatic heterocycles. The molecule has 3 aliphatic heterocycles. The molecular weight excluding hydrogens is 486 g/mol. The molecule has 4 heterocycles. The Kier molecular flexibility index (Phi) is 8.59. The van der Waals surface area contributed by atoms with Gasteiger partial charge in [0.15, 0.2) is 11.6 Å². The van der Waals surface area contributed by atoms with Crippen LogP contribution in [0.25, 0.3) is 0 Å². The number of amides is 2. The van der Waals surface area contributed by atoms with Crippen molar-refractivity contribution in [2.45, 2.75) is 95.5 Å². The van der Waals surface area contributed by atoms with Gasteiger partial charge in [-0.05, 0) is 56.8 Å². The average molecular weight is 532 g/mol. The largest absolute Gasteiger partial charge is 0.391 e. The van der Waals surface area contributed by atoms with Crippen molar-refractivity contribution in [2.24, 2.45) is 17.6 Å². The van der Waals surface area contributed by atoms with Crippen molar-refractivity contribution in [2.75, 3.05) is 44.2 Å². The predicted molar refractivity (Wildman–Crippen MR) is 143 cm³/mol. The lowest BCUT2D eigenvalue weighted by molar-refractivity contribution is -0.139. The summed E-state index contributed by atoms with van der Waals surface area (Å²) >= 11 is 0. The van der Waals surface area contributed by atoms with Gasteiger partial charge in [0.1, 0.15) is 12.0 Å². The van der Waals surface area contributed by atoms with Crippen LogP contribution in [0.15, 0.2) is 10.6 Å². The maximum Gasteiger partial charge on any atom is 0.240 e. The topological polar surface area (TPSA) is 125 Å². The average Bonchev–Trinajstić information content (AvgIpc) is 3.50. The van der Waals surface area contributed by atoms with E-state index in [9.17, 15) is 14.7 Å². The van der Waals surface area contributed by atoms with Gasteiger partial charge in [0.25, 0.3) is 0 Å². The summed E-state index contributed by atoms with van der Waals surface area (Å²) in [6, 6.07) is 1.09. The molecule has 3 atom stereocenters. The number of likely N-dealkylation sites (tertiary alicyclic amines) is 2. The van der Waals surface area contributed by atoms with Crippen LogP contribution in [0.1, 0.15) is 76.9 Å². The summed E-state index contributed by atoms with van der Waals surface area (Å²) in [7, 11) is 0. The number of ether oxygens (including phenoxy) is 1. The Bertz CT molecular complexity index is 949. The molecule has 0 unspecified atom stereocenters. The zero-order valence-electron chi connectivity index (χ0n) is 23.0. The lowest BCUT2D eigenvalue weighted by Crippen LogP contribution is -2.46. The van der Waals surface area contributed by atoms with Crippen molar-refractivity contribution >= 4 is 17.6 Å². The maximum absolute atomic E-state index is 13.4. The number of rotatable bonds is 9. The highest BCUT2D eigenvalue weighted by molar-refractivity contribution is 5.90. The highest BCUT2D eigenvalue weighted by atomic mass is 16.5. The smallest absolute Gasteiger partial charge is 0.240 e. The number of hydrogen-bond donors (Lipinski definition) is 2. The third-order valence-corrected chi connectivity index (χ3v) is 9.07. The normalized spacial score (nSPS) is 27.2. The molecule has 212 valence electrons. The van der Waals surface area contributed by atoms with E-state index in [4.69, 9.17) is 15.0 Å². The van der Waals surface area contributed by atoms with E-state index in [1.807, 2.05) is 19.9 Å². The Hall–Kier alpha value is -2.17. The van der Waals surface area contributed by atoms with Crippen LogP contribution in [0.4, 0.5) is 5.82 Å². The van der Waals surface area contributed by atoms with Gasteiger partial charge in [-0.1, -0.05) is 19.0 Å². The summed E-state index contributed by atoms with van der Waals surface area (Å²) in [5.74, 6) is 0.450. The third kappa shape index (κ3) is 6.18. The monoisotopic (exact) mass is 531 g/mol. The summed E-state index contributed by atoms with van der Waals surface area (Å²) in [6.45, 7) is 9.27. The molecule has 0 radical (unpaired) electrons. The van der Waals surface area contributed by atoms with Gasteiger partial charge in [-0.2, -0.15) is 0 Å². The van der Waals surface area contributed by atoms with Gasteiger partial charge in [0.05, 0.1) is 18.3 Å². The summed E-state index contributed by atoms with van der Waals surface area (Å²) in [5, 5.41) is 14.4. The van der Waals surface area contributed by atoms with Gasteiger partial charge in [-0.3, -0.25) is 9.59 Å². The van der Waals surface area contributed by atoms with Crippen LogP contribution < -0.4 is 10.6 Å². The number of aromatic nitrogens is 1. The first-order valence-corrected chi connectivity index (χ1v) is 14.7. The molecule has 1 aliphatic carbocycles. The summed E-state index contributed by atoms with van der Waals surface area (Å²) in [5.41, 5.74) is 5.51. The van der Waals surface area contributed by atoms with Crippen LogP contribution in [0, 0.1) is 11.8 Å². The number of nitrogens with two attached hydrogens (primary N) is 1. The number of primary amides is 1. The fourth-order valence-electron chi connectivity index (χ4n) is 6.53. The molecule has 10 nitrogen and oxygen atoms in total. The minimum atomic E-state index is -0.791. The standard InChI is InChI=1S/C28H45N5O5/c1-18(2)26(28(36)33-17-20(34)14-23(33)27(29)35)24-15-25(30-38-24)32-12-6-19(7-13-32)16-31-10-8-22(9-11-31)37-21-4-3-5-21/h15,18-23,26,34H,3-14,16-17H2,1-2H3,(H2,29,35)/t20-,23+,26-/m1/s1. The summed E-state index contributed by atoms with van der Waals surface area (Å²) in [4.78, 5) is 31.6. The molecule has 3 N–H and O–H groups in total. The van der Waals surface area contributed by atoms with Gasteiger partial charge in [0.2, 0.25) is 11.8 Å². The highest BCUT2D eigenvalue weighted by Crippen LogP contribution is 2.34. The SMILES string of the molecule is CC(C)[C@@H](C(=O)N1C[C@H](O)C[C@H]1C(N)=O)c1cc(N2CCC(CN3CCC(OC4CCC4)CC3)CC2)no1. The van der Waals surface area contributed by atoms with E-state index < -0.39 is 24.0 Å². The molecule has 0 bridgehead atoms. The molecule has 2 amide bonds. The second-order valence-electron chi connectivity index (χ2n) is 12.2. The number of aliphatic hydroxyl groups excluding tert-OH is 1. The second kappa shape index (κ2) is 11.9. The molecule has 38 heavy (non-hydrogen) atoms. The number of carbonyl (C=O) groups excluding carboxylic acids is 2. The van der Waals surface area contributed by atoms with Crippen LogP contribution in [-0.2, 0) is 14.3 Å². The number of anilines is 1. The van der Waals surface area contributed by atoms with E-state index in [-0.39, 0.29) is 24.8 Å². The molecular formula is C28H45N5O5. The third-order valence-electron chi connectivity index (χ3n) is 9.07. The zero-order valence-corrected chi connectivity index (χ0v) is 23.0. The van der Waals surface area contributed by atoms with Crippen molar-refractivity contribution < 1.29 is 24.0 Å². The van der Waals surface area contributed by atoms with Gasteiger partial charge < -0.3 is 34.8 Å². The lowest BCUT2D eigenvalue weighted by Gasteiger charge is -2.39. The first-order valence-electron chi connectivity index (χ1n) is 14.7. The van der Waals surface area contributed by atoms with E-state index in [2.05, 4.69) is 15.0 Å². The Morgan fingerprint density at radius 3 is 2.39 bits per heavy atom. The Balaban J connectivity index is 1.12. The highest BCUT2D eigenvalue weighted by Gasteiger charge is 2.42. The molecule has 4 fully saturated rings. The fraction of sp³-hybridized carbons (Fsp3) is 0.821. The van der Waals surface area contributed by atoms with E-state index in [0.717, 1.165) is 64.2 Å². The molecule has 0 spiro atoms. The van der Waals surface area contributed by atoms with Crippen LogP contribution in [0.3, 0.4) is 0 Å². The van der Waals surface area contributed by atoms with Gasteiger partial charge in [0, 0.05) is 51.8 Å². The van der Waals surface area contributed by atoms with Crippen LogP contribution in [0.5, 0.6) is 0 Å². The van der Waals surface area contributed by atoms with Crippen molar-refractivity contribution in [1.82, 2.24) is 15.0 Å². The quantitative estimate of drug-likeness (QED) is 0.496. The van der Waals surface area contributed by atoms with Crippen molar-refractivity contribution in [3.05, 3.63) is 11.8 Å². The lowest BCUT2D eigenvalue weighted by atomic mass is 9.91. The minimum absolute atomic E-state index is 0.0661. The van der Waals surface area contributed by atoms with Gasteiger partial charge >= 0.3 is 0 Å². The molecule has 3 saturated heterocycles. The maximum atomic E-state index is 13.4. The first-order chi connectivity index (χ1) is 18.3. The number of carbonyl (C=O) groups is 2. The summed E-state index contributed by atoms with van der Waals surface area (Å²) < 4.78 is 11.9. The predicted octanol–water partition coefficient (Wildman–Crippen LogP) is 2.11. The summed E-state index contributed by atoms with van der Waals surface area (Å²) in [6.07, 6.45) is 8.77. The fourth-order valence-corrected chi connectivity index (χ4v) is 6.53. The molecule has 10 heteroatoms. The van der Waals surface area contributed by atoms with Crippen LogP contribution in [-0.4, -0.2) is 95.5 Å². The molecule has 1 aromatic rings. The van der Waals surface area contributed by atoms with E-state index in [0.29, 0.717) is 23.9 Å². The second-order valence-corrected chi connectivity index (χ2v) is 12.2. The minimum Gasteiger partial charge on any atom is -0.391 e. The number of aliphatic hydroxyl groups is 1.